The molecule has 8 heteroatoms. The van der Waals surface area contributed by atoms with Crippen LogP contribution in [0.25, 0.3) is 0 Å². The monoisotopic (exact) mass is 504 g/mol. The van der Waals surface area contributed by atoms with Crippen molar-refractivity contribution in [1.29, 1.82) is 0 Å². The SMILES string of the molecule is COc1ccc([N+](=O)[O-])cc1N1C(=O)[C@@H]2[C@@H](C1=O)C1c3ccccc3C2(Br)c2ccccc21. The van der Waals surface area contributed by atoms with E-state index in [4.69, 9.17) is 4.74 Å². The normalized spacial score (nSPS) is 26.6. The Morgan fingerprint density at radius 3 is 2.15 bits per heavy atom. The van der Waals surface area contributed by atoms with Crippen molar-refractivity contribution in [1.82, 2.24) is 0 Å². The van der Waals surface area contributed by atoms with Crippen LogP contribution in [0, 0.1) is 22.0 Å². The molecule has 2 bridgehead atoms. The largest absolute Gasteiger partial charge is 0.495 e. The van der Waals surface area contributed by atoms with Crippen molar-refractivity contribution in [2.75, 3.05) is 12.0 Å². The molecule has 2 atom stereocenters. The van der Waals surface area contributed by atoms with Crippen LogP contribution < -0.4 is 9.64 Å². The molecule has 0 saturated carbocycles. The summed E-state index contributed by atoms with van der Waals surface area (Å²) in [6.45, 7) is 0. The lowest BCUT2D eigenvalue weighted by Gasteiger charge is -2.51. The molecule has 164 valence electrons. The van der Waals surface area contributed by atoms with Crippen molar-refractivity contribution in [3.05, 3.63) is 99.1 Å². The minimum absolute atomic E-state index is 0.0970. The Bertz CT molecular complexity index is 1340. The van der Waals surface area contributed by atoms with Gasteiger partial charge in [-0.1, -0.05) is 64.5 Å². The number of nitro groups is 1. The third-order valence-electron chi connectivity index (χ3n) is 7.13. The maximum Gasteiger partial charge on any atom is 0.271 e. The van der Waals surface area contributed by atoms with Crippen LogP contribution in [0.1, 0.15) is 28.2 Å². The van der Waals surface area contributed by atoms with E-state index in [-0.39, 0.29) is 28.9 Å². The van der Waals surface area contributed by atoms with E-state index < -0.39 is 27.0 Å². The number of carbonyl (C=O) groups excluding carboxylic acids is 2. The first-order chi connectivity index (χ1) is 15.9. The quantitative estimate of drug-likeness (QED) is 0.226. The Hall–Kier alpha value is -3.52. The third-order valence-corrected chi connectivity index (χ3v) is 8.48. The van der Waals surface area contributed by atoms with Crippen LogP contribution in [0.2, 0.25) is 0 Å². The molecule has 1 saturated heterocycles. The van der Waals surface area contributed by atoms with Crippen LogP contribution in [0.3, 0.4) is 0 Å². The summed E-state index contributed by atoms with van der Waals surface area (Å²) in [4.78, 5) is 39.8. The van der Waals surface area contributed by atoms with Gasteiger partial charge in [-0.2, -0.15) is 0 Å². The van der Waals surface area contributed by atoms with E-state index >= 15 is 0 Å². The number of amides is 2. The summed E-state index contributed by atoms with van der Waals surface area (Å²) < 4.78 is 4.50. The molecule has 0 aromatic heterocycles. The Morgan fingerprint density at radius 2 is 1.58 bits per heavy atom. The summed E-state index contributed by atoms with van der Waals surface area (Å²) >= 11 is 3.94. The van der Waals surface area contributed by atoms with Crippen molar-refractivity contribution in [3.63, 3.8) is 0 Å². The molecule has 2 amide bonds. The first-order valence-corrected chi connectivity index (χ1v) is 11.3. The lowest BCUT2D eigenvalue weighted by atomic mass is 9.55. The Morgan fingerprint density at radius 1 is 0.970 bits per heavy atom. The van der Waals surface area contributed by atoms with Crippen LogP contribution >= 0.6 is 15.9 Å². The molecule has 0 N–H and O–H groups in total. The van der Waals surface area contributed by atoms with Gasteiger partial charge in [-0.15, -0.1) is 0 Å². The molecule has 3 aromatic rings. The van der Waals surface area contributed by atoms with Crippen LogP contribution in [-0.2, 0) is 13.9 Å². The standard InChI is InChI=1S/C25H17BrN2O5/c1-33-19-11-10-13(28(31)32)12-18(19)27-23(29)21-20-14-6-2-4-8-16(14)25(26,22(21)24(27)30)17-9-5-3-7-15(17)20/h2-12,20-22H,1H3/t20?,21-,22-,25?/m0/s1. The van der Waals surface area contributed by atoms with Crippen molar-refractivity contribution < 1.29 is 19.2 Å². The van der Waals surface area contributed by atoms with Gasteiger partial charge in [-0.3, -0.25) is 19.7 Å². The highest BCUT2D eigenvalue weighted by molar-refractivity contribution is 9.09. The number of alkyl halides is 1. The first-order valence-electron chi connectivity index (χ1n) is 10.5. The molecular formula is C25H17BrN2O5. The first kappa shape index (κ1) is 20.1. The van der Waals surface area contributed by atoms with Crippen LogP contribution in [0.5, 0.6) is 5.75 Å². The highest BCUT2D eigenvalue weighted by atomic mass is 79.9. The molecule has 1 aliphatic heterocycles. The van der Waals surface area contributed by atoms with Gasteiger partial charge in [0.1, 0.15) is 11.4 Å². The molecule has 7 rings (SSSR count). The van der Waals surface area contributed by atoms with E-state index in [1.165, 1.54) is 25.3 Å². The van der Waals surface area contributed by atoms with Gasteiger partial charge in [0.25, 0.3) is 5.69 Å². The molecule has 33 heavy (non-hydrogen) atoms. The second-order valence-corrected chi connectivity index (χ2v) is 9.74. The molecule has 3 aliphatic carbocycles. The maximum absolute atomic E-state index is 14.0. The minimum Gasteiger partial charge on any atom is -0.495 e. The molecule has 3 aromatic carbocycles. The summed E-state index contributed by atoms with van der Waals surface area (Å²) in [5, 5.41) is 11.4. The van der Waals surface area contributed by atoms with Gasteiger partial charge >= 0.3 is 0 Å². The Kier molecular flexibility index (Phi) is 4.11. The zero-order valence-electron chi connectivity index (χ0n) is 17.4. The number of imide groups is 1. The Balaban J connectivity index is 1.59. The zero-order valence-corrected chi connectivity index (χ0v) is 19.0. The van der Waals surface area contributed by atoms with E-state index in [2.05, 4.69) is 15.9 Å². The van der Waals surface area contributed by atoms with Gasteiger partial charge in [-0.05, 0) is 28.3 Å². The second kappa shape index (κ2) is 6.74. The summed E-state index contributed by atoms with van der Waals surface area (Å²) in [7, 11) is 1.41. The molecule has 1 heterocycles. The molecule has 4 aliphatic rings. The van der Waals surface area contributed by atoms with E-state index in [0.29, 0.717) is 0 Å². The van der Waals surface area contributed by atoms with E-state index in [1.54, 1.807) is 0 Å². The van der Waals surface area contributed by atoms with E-state index in [1.807, 2.05) is 48.5 Å². The number of non-ortho nitro benzene ring substituents is 1. The zero-order chi connectivity index (χ0) is 23.1. The fourth-order valence-electron chi connectivity index (χ4n) is 5.88. The van der Waals surface area contributed by atoms with E-state index in [0.717, 1.165) is 27.2 Å². The summed E-state index contributed by atoms with van der Waals surface area (Å²) in [6, 6.07) is 19.7. The van der Waals surface area contributed by atoms with Gasteiger partial charge in [0.2, 0.25) is 11.8 Å². The summed E-state index contributed by atoms with van der Waals surface area (Å²) in [5.41, 5.74) is 3.86. The maximum atomic E-state index is 14.0. The van der Waals surface area contributed by atoms with Gasteiger partial charge in [0, 0.05) is 18.1 Å². The van der Waals surface area contributed by atoms with Crippen molar-refractivity contribution in [2.45, 2.75) is 10.2 Å². The lowest BCUT2D eigenvalue weighted by molar-refractivity contribution is -0.384. The fraction of sp³-hybridized carbons (Fsp3) is 0.200. The molecule has 0 unspecified atom stereocenters. The highest BCUT2D eigenvalue weighted by Gasteiger charge is 2.67. The highest BCUT2D eigenvalue weighted by Crippen LogP contribution is 2.66. The molecule has 0 spiro atoms. The van der Waals surface area contributed by atoms with Crippen LogP contribution in [-0.4, -0.2) is 23.8 Å². The number of methoxy groups -OCH3 is 1. The number of nitrogens with zero attached hydrogens (tertiary/aromatic N) is 2. The van der Waals surface area contributed by atoms with Gasteiger partial charge in [0.15, 0.2) is 0 Å². The van der Waals surface area contributed by atoms with Crippen LogP contribution in [0.4, 0.5) is 11.4 Å². The molecule has 7 nitrogen and oxygen atoms in total. The summed E-state index contributed by atoms with van der Waals surface area (Å²) in [5.74, 6) is -2.15. The van der Waals surface area contributed by atoms with Crippen molar-refractivity contribution in [2.24, 2.45) is 11.8 Å². The van der Waals surface area contributed by atoms with Crippen molar-refractivity contribution >= 4 is 39.1 Å². The number of benzene rings is 3. The van der Waals surface area contributed by atoms with Crippen LogP contribution in [0.15, 0.2) is 66.7 Å². The average Bonchev–Trinajstić information content (AvgIpc) is 3.10. The number of ether oxygens (including phenoxy) is 1. The average molecular weight is 505 g/mol. The van der Waals surface area contributed by atoms with Crippen molar-refractivity contribution in [3.8, 4) is 5.75 Å². The van der Waals surface area contributed by atoms with Gasteiger partial charge in [-0.25, -0.2) is 4.90 Å². The molecule has 1 fully saturated rings. The number of rotatable bonds is 3. The number of halogens is 1. The predicted molar refractivity (Wildman–Crippen MR) is 124 cm³/mol. The topological polar surface area (TPSA) is 89.8 Å². The lowest BCUT2D eigenvalue weighted by Crippen LogP contribution is -2.50. The number of nitro benzene ring substituents is 1. The fourth-order valence-corrected chi connectivity index (χ4v) is 7.09. The number of carbonyl (C=O) groups is 2. The van der Waals surface area contributed by atoms with Gasteiger partial charge in [0.05, 0.1) is 28.2 Å². The number of hydrogen-bond acceptors (Lipinski definition) is 5. The molecule has 0 radical (unpaired) electrons. The van der Waals surface area contributed by atoms with Gasteiger partial charge < -0.3 is 4.74 Å². The third kappa shape index (κ3) is 2.39. The number of anilines is 1. The summed E-state index contributed by atoms with van der Waals surface area (Å²) in [6.07, 6.45) is 0. The Labute approximate surface area is 197 Å². The number of hydrogen-bond donors (Lipinski definition) is 0. The smallest absolute Gasteiger partial charge is 0.271 e. The predicted octanol–water partition coefficient (Wildman–Crippen LogP) is 4.51. The minimum atomic E-state index is -0.880. The second-order valence-electron chi connectivity index (χ2n) is 8.49. The molecular weight excluding hydrogens is 488 g/mol. The van der Waals surface area contributed by atoms with E-state index in [9.17, 15) is 19.7 Å².